The van der Waals surface area contributed by atoms with E-state index in [4.69, 9.17) is 0 Å². The Hall–Kier alpha value is -2.12. The lowest BCUT2D eigenvalue weighted by Crippen LogP contribution is -2.66. The number of rotatable bonds is 5. The summed E-state index contributed by atoms with van der Waals surface area (Å²) in [6.45, 7) is 8.73. The average molecular weight is 400 g/mol. The van der Waals surface area contributed by atoms with Crippen molar-refractivity contribution in [2.75, 3.05) is 31.6 Å². The van der Waals surface area contributed by atoms with E-state index in [1.165, 1.54) is 10.5 Å². The second-order valence-corrected chi connectivity index (χ2v) is 8.81. The van der Waals surface area contributed by atoms with Gasteiger partial charge in [-0.3, -0.25) is 19.9 Å². The average Bonchev–Trinajstić information content (AvgIpc) is 3.08. The number of aryl methyl sites for hydroxylation is 1. The molecule has 1 aromatic rings. The van der Waals surface area contributed by atoms with Gasteiger partial charge in [0.25, 0.3) is 5.91 Å². The summed E-state index contributed by atoms with van der Waals surface area (Å²) < 4.78 is 0. The van der Waals surface area contributed by atoms with Crippen molar-refractivity contribution >= 4 is 17.6 Å². The molecule has 4 unspecified atom stereocenters. The van der Waals surface area contributed by atoms with Gasteiger partial charge < -0.3 is 9.80 Å². The minimum absolute atomic E-state index is 0.0532. The third kappa shape index (κ3) is 3.51. The van der Waals surface area contributed by atoms with Crippen LogP contribution in [-0.4, -0.2) is 71.8 Å². The minimum atomic E-state index is -0.334. The van der Waals surface area contributed by atoms with E-state index in [2.05, 4.69) is 60.2 Å². The van der Waals surface area contributed by atoms with Crippen LogP contribution in [0.15, 0.2) is 24.3 Å². The van der Waals surface area contributed by atoms with Gasteiger partial charge in [-0.2, -0.15) is 0 Å². The Balaban J connectivity index is 1.62. The van der Waals surface area contributed by atoms with Crippen molar-refractivity contribution in [1.82, 2.24) is 20.0 Å². The fraction of sp³-hybridized carbons (Fsp3) is 0.636. The standard InChI is InChI=1S/C22H33N5O2/c1-5-6-7-11-25-20(28)18-19(24(4)22(25)29)23-21-26(13-16(3)14-27(18)21)17-10-8-9-15(2)12-17/h8-10,12,16,18-19,21,23H,5-7,11,13-14H2,1-4H3. The molecule has 0 saturated carbocycles. The second kappa shape index (κ2) is 7.95. The van der Waals surface area contributed by atoms with Crippen molar-refractivity contribution in [2.45, 2.75) is 58.5 Å². The number of likely N-dealkylation sites (N-methyl/N-ethyl adjacent to an activating group) is 1. The van der Waals surface area contributed by atoms with E-state index < -0.39 is 0 Å². The Labute approximate surface area is 173 Å². The highest BCUT2D eigenvalue weighted by Gasteiger charge is 2.56. The van der Waals surface area contributed by atoms with E-state index in [0.717, 1.165) is 38.0 Å². The zero-order chi connectivity index (χ0) is 20.7. The highest BCUT2D eigenvalue weighted by atomic mass is 16.2. The molecule has 3 heterocycles. The number of carbonyl (C=O) groups is 2. The molecule has 158 valence electrons. The molecule has 7 nitrogen and oxygen atoms in total. The maximum absolute atomic E-state index is 13.4. The molecule has 0 radical (unpaired) electrons. The summed E-state index contributed by atoms with van der Waals surface area (Å²) in [4.78, 5) is 34.1. The fourth-order valence-corrected chi connectivity index (χ4v) is 4.95. The molecule has 3 aliphatic rings. The molecule has 4 rings (SSSR count). The number of nitrogens with zero attached hydrogens (tertiary/aromatic N) is 4. The topological polar surface area (TPSA) is 59.1 Å². The van der Waals surface area contributed by atoms with E-state index in [-0.39, 0.29) is 30.4 Å². The van der Waals surface area contributed by atoms with Crippen LogP contribution in [0.2, 0.25) is 0 Å². The number of imide groups is 1. The predicted molar refractivity (Wildman–Crippen MR) is 113 cm³/mol. The number of unbranched alkanes of at least 4 members (excludes halogenated alkanes) is 2. The number of fused-ring (bicyclic) bond motifs is 3. The van der Waals surface area contributed by atoms with Gasteiger partial charge in [0.05, 0.1) is 0 Å². The van der Waals surface area contributed by atoms with Gasteiger partial charge in [0.2, 0.25) is 0 Å². The number of urea groups is 1. The number of hydrogen-bond donors (Lipinski definition) is 1. The first-order valence-electron chi connectivity index (χ1n) is 10.9. The molecule has 1 N–H and O–H groups in total. The molecule has 4 atom stereocenters. The minimum Gasteiger partial charge on any atom is -0.343 e. The number of benzene rings is 1. The maximum atomic E-state index is 13.4. The monoisotopic (exact) mass is 399 g/mol. The molecule has 0 bridgehead atoms. The largest absolute Gasteiger partial charge is 0.343 e. The molecule has 0 aromatic heterocycles. The van der Waals surface area contributed by atoms with Gasteiger partial charge in [-0.05, 0) is 37.0 Å². The molecule has 7 heteroatoms. The van der Waals surface area contributed by atoms with Crippen molar-refractivity contribution in [1.29, 1.82) is 0 Å². The lowest BCUT2D eigenvalue weighted by Gasteiger charge is -2.46. The molecule has 3 amide bonds. The summed E-state index contributed by atoms with van der Waals surface area (Å²) in [5.74, 6) is 0.374. The molecule has 3 fully saturated rings. The first-order chi connectivity index (χ1) is 13.9. The third-order valence-corrected chi connectivity index (χ3v) is 6.40. The van der Waals surface area contributed by atoms with Crippen LogP contribution in [0, 0.1) is 12.8 Å². The number of hydrogen-bond acceptors (Lipinski definition) is 5. The van der Waals surface area contributed by atoms with E-state index in [1.54, 1.807) is 4.90 Å². The van der Waals surface area contributed by atoms with Crippen LogP contribution in [0.4, 0.5) is 10.5 Å². The van der Waals surface area contributed by atoms with Gasteiger partial charge in [0, 0.05) is 32.4 Å². The lowest BCUT2D eigenvalue weighted by molar-refractivity contribution is -0.138. The first-order valence-corrected chi connectivity index (χ1v) is 10.9. The highest BCUT2D eigenvalue weighted by Crippen LogP contribution is 2.34. The van der Waals surface area contributed by atoms with Gasteiger partial charge in [-0.25, -0.2) is 4.79 Å². The van der Waals surface area contributed by atoms with Gasteiger partial charge >= 0.3 is 6.03 Å². The molecule has 0 spiro atoms. The summed E-state index contributed by atoms with van der Waals surface area (Å²) in [6, 6.07) is 7.97. The second-order valence-electron chi connectivity index (χ2n) is 8.81. The maximum Gasteiger partial charge on any atom is 0.327 e. The van der Waals surface area contributed by atoms with E-state index >= 15 is 0 Å². The van der Waals surface area contributed by atoms with Gasteiger partial charge in [0.1, 0.15) is 18.5 Å². The fourth-order valence-electron chi connectivity index (χ4n) is 4.95. The van der Waals surface area contributed by atoms with Crippen LogP contribution >= 0.6 is 0 Å². The summed E-state index contributed by atoms with van der Waals surface area (Å²) in [5, 5.41) is 3.59. The molecule has 3 aliphatic heterocycles. The van der Waals surface area contributed by atoms with Crippen LogP contribution in [0.1, 0.15) is 38.7 Å². The Kier molecular flexibility index (Phi) is 5.53. The Morgan fingerprint density at radius 3 is 2.69 bits per heavy atom. The highest BCUT2D eigenvalue weighted by molar-refractivity contribution is 6.00. The van der Waals surface area contributed by atoms with Crippen molar-refractivity contribution < 1.29 is 9.59 Å². The normalized spacial score (nSPS) is 30.0. The Morgan fingerprint density at radius 2 is 1.97 bits per heavy atom. The molecular formula is C22H33N5O2. The van der Waals surface area contributed by atoms with Crippen LogP contribution < -0.4 is 10.2 Å². The van der Waals surface area contributed by atoms with Crippen molar-refractivity contribution in [3.63, 3.8) is 0 Å². The number of nitrogens with one attached hydrogen (secondary N) is 1. The lowest BCUT2D eigenvalue weighted by atomic mass is 10.0. The smallest absolute Gasteiger partial charge is 0.327 e. The zero-order valence-electron chi connectivity index (χ0n) is 18.0. The molecular weight excluding hydrogens is 366 g/mol. The SMILES string of the molecule is CCCCCN1C(=O)C2C(NC3N(c4cccc(C)c4)CC(C)CN23)N(C)C1=O. The summed E-state index contributed by atoms with van der Waals surface area (Å²) in [5.41, 5.74) is 2.37. The Bertz CT molecular complexity index is 784. The Morgan fingerprint density at radius 1 is 1.17 bits per heavy atom. The van der Waals surface area contributed by atoms with E-state index in [1.807, 2.05) is 7.05 Å². The van der Waals surface area contributed by atoms with E-state index in [0.29, 0.717) is 12.5 Å². The molecule has 29 heavy (non-hydrogen) atoms. The van der Waals surface area contributed by atoms with Crippen LogP contribution in [0.5, 0.6) is 0 Å². The van der Waals surface area contributed by atoms with E-state index in [9.17, 15) is 9.59 Å². The van der Waals surface area contributed by atoms with Gasteiger partial charge in [0.15, 0.2) is 0 Å². The van der Waals surface area contributed by atoms with Gasteiger partial charge in [-0.15, -0.1) is 0 Å². The molecule has 1 aromatic carbocycles. The third-order valence-electron chi connectivity index (χ3n) is 6.40. The van der Waals surface area contributed by atoms with Gasteiger partial charge in [-0.1, -0.05) is 38.8 Å². The number of carbonyl (C=O) groups excluding carboxylic acids is 2. The van der Waals surface area contributed by atoms with Crippen LogP contribution in [-0.2, 0) is 4.79 Å². The van der Waals surface area contributed by atoms with Crippen molar-refractivity contribution in [3.8, 4) is 0 Å². The zero-order valence-corrected chi connectivity index (χ0v) is 18.0. The number of amides is 3. The molecule has 0 aliphatic carbocycles. The number of anilines is 1. The summed E-state index contributed by atoms with van der Waals surface area (Å²) in [7, 11) is 1.81. The van der Waals surface area contributed by atoms with Crippen LogP contribution in [0.25, 0.3) is 0 Å². The predicted octanol–water partition coefficient (Wildman–Crippen LogP) is 2.42. The first kappa shape index (κ1) is 20.2. The summed E-state index contributed by atoms with van der Waals surface area (Å²) in [6.07, 6.45) is 2.58. The van der Waals surface area contributed by atoms with Crippen molar-refractivity contribution in [3.05, 3.63) is 29.8 Å². The summed E-state index contributed by atoms with van der Waals surface area (Å²) >= 11 is 0. The van der Waals surface area contributed by atoms with Crippen LogP contribution in [0.3, 0.4) is 0 Å². The molecule has 3 saturated heterocycles. The quantitative estimate of drug-likeness (QED) is 0.771. The van der Waals surface area contributed by atoms with Crippen molar-refractivity contribution in [2.24, 2.45) is 5.92 Å².